The number of hydrogen-bond donors (Lipinski definition) is 2. The molecule has 96 valence electrons. The summed E-state index contributed by atoms with van der Waals surface area (Å²) in [5.74, 6) is 0.883. The van der Waals surface area contributed by atoms with Gasteiger partial charge in [-0.3, -0.25) is 4.79 Å². The molecular weight excluding hydrogens is 200 g/mol. The predicted octanol–water partition coefficient (Wildman–Crippen LogP) is 2.16. The van der Waals surface area contributed by atoms with Gasteiger partial charge in [0.2, 0.25) is 5.91 Å². The minimum atomic E-state index is -0.368. The lowest BCUT2D eigenvalue weighted by Crippen LogP contribution is -2.44. The van der Waals surface area contributed by atoms with Gasteiger partial charge < -0.3 is 11.1 Å². The van der Waals surface area contributed by atoms with Gasteiger partial charge in [0.25, 0.3) is 0 Å². The van der Waals surface area contributed by atoms with Gasteiger partial charge in [-0.05, 0) is 23.7 Å². The molecule has 16 heavy (non-hydrogen) atoms. The molecule has 0 bridgehead atoms. The first-order chi connectivity index (χ1) is 7.14. The van der Waals surface area contributed by atoms with Crippen molar-refractivity contribution in [2.45, 2.75) is 54.0 Å². The number of rotatable bonds is 5. The van der Waals surface area contributed by atoms with Gasteiger partial charge in [-0.15, -0.1) is 0 Å². The van der Waals surface area contributed by atoms with Gasteiger partial charge in [0.05, 0.1) is 6.04 Å². The van der Waals surface area contributed by atoms with Crippen LogP contribution in [0.3, 0.4) is 0 Å². The van der Waals surface area contributed by atoms with Crippen LogP contribution in [0, 0.1) is 17.3 Å². The number of nitrogens with one attached hydrogen (secondary N) is 1. The third kappa shape index (κ3) is 6.11. The Hall–Kier alpha value is -0.570. The maximum atomic E-state index is 11.7. The molecule has 0 saturated heterocycles. The zero-order valence-electron chi connectivity index (χ0n) is 11.6. The van der Waals surface area contributed by atoms with Crippen LogP contribution < -0.4 is 11.1 Å². The van der Waals surface area contributed by atoms with Crippen LogP contribution in [-0.4, -0.2) is 18.5 Å². The van der Waals surface area contributed by atoms with Crippen LogP contribution in [0.4, 0.5) is 0 Å². The van der Waals surface area contributed by atoms with Crippen molar-refractivity contribution in [3.63, 3.8) is 0 Å². The van der Waals surface area contributed by atoms with Gasteiger partial charge in [-0.2, -0.15) is 0 Å². The van der Waals surface area contributed by atoms with Crippen molar-refractivity contribution >= 4 is 5.91 Å². The Bertz CT molecular complexity index is 218. The molecule has 0 aromatic heterocycles. The van der Waals surface area contributed by atoms with Crippen molar-refractivity contribution in [2.24, 2.45) is 23.0 Å². The molecule has 0 radical (unpaired) electrons. The minimum Gasteiger partial charge on any atom is -0.354 e. The van der Waals surface area contributed by atoms with Crippen LogP contribution in [-0.2, 0) is 4.79 Å². The summed E-state index contributed by atoms with van der Waals surface area (Å²) in [5, 5.41) is 2.93. The maximum absolute atomic E-state index is 11.7. The first kappa shape index (κ1) is 15.4. The minimum absolute atomic E-state index is 0.0233. The van der Waals surface area contributed by atoms with E-state index in [1.807, 2.05) is 0 Å². The molecule has 3 heteroatoms. The second kappa shape index (κ2) is 6.24. The van der Waals surface area contributed by atoms with E-state index in [4.69, 9.17) is 5.73 Å². The molecule has 3 nitrogen and oxygen atoms in total. The largest absolute Gasteiger partial charge is 0.354 e. The number of hydrogen-bond acceptors (Lipinski definition) is 2. The normalized spacial score (nSPS) is 16.0. The quantitative estimate of drug-likeness (QED) is 0.757. The molecule has 0 heterocycles. The zero-order valence-corrected chi connectivity index (χ0v) is 11.6. The monoisotopic (exact) mass is 228 g/mol. The third-order valence-corrected chi connectivity index (χ3v) is 3.12. The molecule has 0 aliphatic heterocycles. The molecule has 0 aliphatic rings. The van der Waals surface area contributed by atoms with Gasteiger partial charge in [-0.25, -0.2) is 0 Å². The van der Waals surface area contributed by atoms with E-state index in [9.17, 15) is 4.79 Å². The second-order valence-corrected chi connectivity index (χ2v) is 6.25. The van der Waals surface area contributed by atoms with E-state index in [0.29, 0.717) is 18.4 Å². The SMILES string of the molecule is CC(C)CC(N)C(=O)NCC(C)C(C)(C)C. The highest BCUT2D eigenvalue weighted by molar-refractivity contribution is 5.81. The van der Waals surface area contributed by atoms with E-state index in [1.165, 1.54) is 0 Å². The van der Waals surface area contributed by atoms with Crippen LogP contribution in [0.15, 0.2) is 0 Å². The van der Waals surface area contributed by atoms with Crippen LogP contribution in [0.1, 0.15) is 48.0 Å². The highest BCUT2D eigenvalue weighted by atomic mass is 16.2. The molecule has 2 atom stereocenters. The highest BCUT2D eigenvalue weighted by Gasteiger charge is 2.21. The molecule has 0 aliphatic carbocycles. The fourth-order valence-corrected chi connectivity index (χ4v) is 1.31. The molecule has 0 aromatic rings. The fraction of sp³-hybridized carbons (Fsp3) is 0.923. The van der Waals surface area contributed by atoms with Crippen molar-refractivity contribution in [3.05, 3.63) is 0 Å². The van der Waals surface area contributed by atoms with Crippen LogP contribution in [0.5, 0.6) is 0 Å². The van der Waals surface area contributed by atoms with E-state index in [1.54, 1.807) is 0 Å². The van der Waals surface area contributed by atoms with E-state index in [-0.39, 0.29) is 17.4 Å². The van der Waals surface area contributed by atoms with Crippen molar-refractivity contribution < 1.29 is 4.79 Å². The predicted molar refractivity (Wildman–Crippen MR) is 69.1 cm³/mol. The summed E-state index contributed by atoms with van der Waals surface area (Å²) in [6, 6.07) is -0.368. The second-order valence-electron chi connectivity index (χ2n) is 6.25. The Morgan fingerprint density at radius 2 is 1.75 bits per heavy atom. The number of amides is 1. The standard InChI is InChI=1S/C13H28N2O/c1-9(2)7-11(14)12(16)15-8-10(3)13(4,5)6/h9-11H,7-8,14H2,1-6H3,(H,15,16). The molecule has 0 rings (SSSR count). The fourth-order valence-electron chi connectivity index (χ4n) is 1.31. The molecule has 0 fully saturated rings. The van der Waals surface area contributed by atoms with E-state index >= 15 is 0 Å². The first-order valence-electron chi connectivity index (χ1n) is 6.18. The van der Waals surface area contributed by atoms with E-state index in [2.05, 4.69) is 46.9 Å². The molecular formula is C13H28N2O. The van der Waals surface area contributed by atoms with E-state index in [0.717, 1.165) is 6.42 Å². The van der Waals surface area contributed by atoms with Crippen molar-refractivity contribution in [1.82, 2.24) is 5.32 Å². The zero-order chi connectivity index (χ0) is 12.9. The Balaban J connectivity index is 3.98. The lowest BCUT2D eigenvalue weighted by molar-refractivity contribution is -0.123. The van der Waals surface area contributed by atoms with Gasteiger partial charge in [0.15, 0.2) is 0 Å². The summed E-state index contributed by atoms with van der Waals surface area (Å²) in [5.41, 5.74) is 6.02. The highest BCUT2D eigenvalue weighted by Crippen LogP contribution is 2.24. The molecule has 0 saturated carbocycles. The van der Waals surface area contributed by atoms with Gasteiger partial charge in [0, 0.05) is 6.54 Å². The third-order valence-electron chi connectivity index (χ3n) is 3.12. The maximum Gasteiger partial charge on any atom is 0.236 e. The first-order valence-corrected chi connectivity index (χ1v) is 6.18. The average Bonchev–Trinajstić information content (AvgIpc) is 2.10. The molecule has 3 N–H and O–H groups in total. The lowest BCUT2D eigenvalue weighted by Gasteiger charge is -2.28. The Labute approximate surface area is 100 Å². The molecule has 1 amide bonds. The summed E-state index contributed by atoms with van der Waals surface area (Å²) >= 11 is 0. The summed E-state index contributed by atoms with van der Waals surface area (Å²) in [6.45, 7) is 13.5. The number of carbonyl (C=O) groups excluding carboxylic acids is 1. The summed E-state index contributed by atoms with van der Waals surface area (Å²) in [7, 11) is 0. The molecule has 0 spiro atoms. The smallest absolute Gasteiger partial charge is 0.236 e. The summed E-state index contributed by atoms with van der Waals surface area (Å²) < 4.78 is 0. The summed E-state index contributed by atoms with van der Waals surface area (Å²) in [6.07, 6.45) is 0.746. The average molecular weight is 228 g/mol. The topological polar surface area (TPSA) is 55.1 Å². The van der Waals surface area contributed by atoms with E-state index < -0.39 is 0 Å². The van der Waals surface area contributed by atoms with Crippen LogP contribution >= 0.6 is 0 Å². The van der Waals surface area contributed by atoms with Gasteiger partial charge in [0.1, 0.15) is 0 Å². The van der Waals surface area contributed by atoms with Gasteiger partial charge >= 0.3 is 0 Å². The Morgan fingerprint density at radius 3 is 2.12 bits per heavy atom. The molecule has 0 aromatic carbocycles. The number of nitrogens with two attached hydrogens (primary N) is 1. The van der Waals surface area contributed by atoms with Crippen molar-refractivity contribution in [1.29, 1.82) is 0 Å². The Kier molecular flexibility index (Phi) is 6.01. The van der Waals surface area contributed by atoms with Crippen molar-refractivity contribution in [3.8, 4) is 0 Å². The van der Waals surface area contributed by atoms with Crippen LogP contribution in [0.2, 0.25) is 0 Å². The number of carbonyl (C=O) groups is 1. The van der Waals surface area contributed by atoms with Crippen molar-refractivity contribution in [2.75, 3.05) is 6.54 Å². The van der Waals surface area contributed by atoms with Gasteiger partial charge in [-0.1, -0.05) is 41.5 Å². The van der Waals surface area contributed by atoms with Crippen LogP contribution in [0.25, 0.3) is 0 Å². The summed E-state index contributed by atoms with van der Waals surface area (Å²) in [4.78, 5) is 11.7. The lowest BCUT2D eigenvalue weighted by atomic mass is 9.82. The molecule has 2 unspecified atom stereocenters. The Morgan fingerprint density at radius 1 is 1.25 bits per heavy atom.